The Morgan fingerprint density at radius 3 is 2.67 bits per heavy atom. The quantitative estimate of drug-likeness (QED) is 0.364. The Hall–Kier alpha value is -2.74. The van der Waals surface area contributed by atoms with Crippen LogP contribution >= 0.6 is 22.7 Å². The number of aromatic amines is 1. The summed E-state index contributed by atoms with van der Waals surface area (Å²) in [4.78, 5) is 20.2. The Balaban J connectivity index is 1.58. The van der Waals surface area contributed by atoms with Crippen LogP contribution in [-0.2, 0) is 31.3 Å². The van der Waals surface area contributed by atoms with Crippen LogP contribution in [0.5, 0.6) is 0 Å². The molecule has 0 aliphatic heterocycles. The van der Waals surface area contributed by atoms with Gasteiger partial charge in [-0.2, -0.15) is 0 Å². The lowest BCUT2D eigenvalue weighted by molar-refractivity contribution is -0.119. The maximum atomic E-state index is 13.0. The van der Waals surface area contributed by atoms with Gasteiger partial charge < -0.3 is 4.98 Å². The largest absolute Gasteiger partial charge is 0.351 e. The van der Waals surface area contributed by atoms with Gasteiger partial charge in [0.25, 0.3) is 10.0 Å². The molecule has 1 amide bonds. The molecule has 4 aromatic rings. The molecule has 1 aromatic carbocycles. The van der Waals surface area contributed by atoms with Crippen molar-refractivity contribution in [3.05, 3.63) is 52.9 Å². The molecule has 13 heteroatoms. The van der Waals surface area contributed by atoms with Crippen LogP contribution in [0.25, 0.3) is 21.6 Å². The van der Waals surface area contributed by atoms with Crippen LogP contribution in [0.3, 0.4) is 0 Å². The molecule has 0 aliphatic carbocycles. The van der Waals surface area contributed by atoms with Crippen LogP contribution in [0.15, 0.2) is 52.2 Å². The molecule has 3 heterocycles. The van der Waals surface area contributed by atoms with Crippen molar-refractivity contribution in [1.82, 2.24) is 14.7 Å². The van der Waals surface area contributed by atoms with E-state index in [0.717, 1.165) is 33.5 Å². The number of sulfonamides is 2. The average Bonchev–Trinajstić information content (AvgIpc) is 3.50. The highest BCUT2D eigenvalue weighted by atomic mass is 32.2. The van der Waals surface area contributed by atoms with E-state index in [1.54, 1.807) is 35.8 Å². The maximum absolute atomic E-state index is 13.0. The van der Waals surface area contributed by atoms with E-state index in [1.165, 1.54) is 22.7 Å². The molecule has 0 bridgehead atoms. The number of thiazole rings is 1. The first-order chi connectivity index (χ1) is 15.5. The van der Waals surface area contributed by atoms with Crippen molar-refractivity contribution >= 4 is 65.2 Å². The first-order valence-electron chi connectivity index (χ1n) is 9.64. The van der Waals surface area contributed by atoms with Crippen LogP contribution in [0.4, 0.5) is 5.69 Å². The molecule has 0 saturated heterocycles. The lowest BCUT2D eigenvalue weighted by atomic mass is 10.2. The summed E-state index contributed by atoms with van der Waals surface area (Å²) in [5.41, 5.74) is 1.90. The van der Waals surface area contributed by atoms with E-state index in [1.807, 2.05) is 16.9 Å². The molecule has 3 aromatic heterocycles. The fraction of sp³-hybridized carbons (Fsp3) is 0.200. The molecule has 4 rings (SSSR count). The molecular weight excluding hydrogens is 505 g/mol. The number of aromatic nitrogens is 2. The third kappa shape index (κ3) is 5.11. The van der Waals surface area contributed by atoms with Crippen molar-refractivity contribution in [1.29, 1.82) is 0 Å². The first kappa shape index (κ1) is 23.4. The molecule has 174 valence electrons. The summed E-state index contributed by atoms with van der Waals surface area (Å²) in [5, 5.41) is 3.23. The molecule has 2 N–H and O–H groups in total. The van der Waals surface area contributed by atoms with E-state index in [-0.39, 0.29) is 10.6 Å². The Morgan fingerprint density at radius 1 is 1.18 bits per heavy atom. The van der Waals surface area contributed by atoms with Gasteiger partial charge in [0.05, 0.1) is 23.2 Å². The van der Waals surface area contributed by atoms with E-state index in [0.29, 0.717) is 22.6 Å². The number of rotatable bonds is 8. The van der Waals surface area contributed by atoms with Crippen molar-refractivity contribution in [2.24, 2.45) is 0 Å². The zero-order chi connectivity index (χ0) is 23.8. The Labute approximate surface area is 199 Å². The van der Waals surface area contributed by atoms with Crippen molar-refractivity contribution in [2.75, 3.05) is 17.6 Å². The summed E-state index contributed by atoms with van der Waals surface area (Å²) in [5.74, 6) is -0.572. The molecule has 0 aliphatic rings. The topological polar surface area (TPSA) is 129 Å². The number of hydrogen-bond acceptors (Lipinski definition) is 8. The van der Waals surface area contributed by atoms with Crippen LogP contribution in [-0.4, -0.2) is 46.0 Å². The number of nitrogens with zero attached hydrogens (tertiary/aromatic N) is 2. The number of aryl methyl sites for hydroxylation is 1. The van der Waals surface area contributed by atoms with E-state index in [4.69, 9.17) is 0 Å². The second-order valence-electron chi connectivity index (χ2n) is 7.26. The molecule has 9 nitrogen and oxygen atoms in total. The SMILES string of the molecule is CN(c1cccc2cc(-c3ncc(CCC(=O)NS(C)(=O)=O)s3)[nH]c12)S(=O)(=O)c1cccs1. The van der Waals surface area contributed by atoms with Gasteiger partial charge in [-0.3, -0.25) is 13.8 Å². The number of para-hydroxylation sites is 1. The minimum atomic E-state index is -3.68. The van der Waals surface area contributed by atoms with Crippen molar-refractivity contribution in [3.63, 3.8) is 0 Å². The van der Waals surface area contributed by atoms with Gasteiger partial charge >= 0.3 is 0 Å². The maximum Gasteiger partial charge on any atom is 0.273 e. The minimum absolute atomic E-state index is 0.0247. The van der Waals surface area contributed by atoms with Gasteiger partial charge in [-0.1, -0.05) is 18.2 Å². The monoisotopic (exact) mass is 524 g/mol. The van der Waals surface area contributed by atoms with Gasteiger partial charge in [0.2, 0.25) is 15.9 Å². The molecule has 0 radical (unpaired) electrons. The normalized spacial score (nSPS) is 12.2. The van der Waals surface area contributed by atoms with Gasteiger partial charge in [0.1, 0.15) is 9.22 Å². The highest BCUT2D eigenvalue weighted by Crippen LogP contribution is 2.34. The van der Waals surface area contributed by atoms with E-state index in [2.05, 4.69) is 9.97 Å². The number of fused-ring (bicyclic) bond motifs is 1. The number of anilines is 1. The smallest absolute Gasteiger partial charge is 0.273 e. The van der Waals surface area contributed by atoms with Crippen LogP contribution in [0.2, 0.25) is 0 Å². The predicted molar refractivity (Wildman–Crippen MR) is 131 cm³/mol. The fourth-order valence-electron chi connectivity index (χ4n) is 3.23. The highest BCUT2D eigenvalue weighted by Gasteiger charge is 2.24. The number of carbonyl (C=O) groups is 1. The zero-order valence-corrected chi connectivity index (χ0v) is 20.9. The summed E-state index contributed by atoms with van der Waals surface area (Å²) in [6.45, 7) is 0. The average molecular weight is 525 g/mol. The molecule has 0 atom stereocenters. The van der Waals surface area contributed by atoms with Gasteiger partial charge in [0.15, 0.2) is 0 Å². The lowest BCUT2D eigenvalue weighted by Crippen LogP contribution is -2.29. The summed E-state index contributed by atoms with van der Waals surface area (Å²) >= 11 is 2.54. The number of benzene rings is 1. The van der Waals surface area contributed by atoms with E-state index in [9.17, 15) is 21.6 Å². The number of carbonyl (C=O) groups excluding carboxylic acids is 1. The van der Waals surface area contributed by atoms with Gasteiger partial charge in [-0.15, -0.1) is 22.7 Å². The van der Waals surface area contributed by atoms with E-state index >= 15 is 0 Å². The summed E-state index contributed by atoms with van der Waals surface area (Å²) in [6.07, 6.45) is 2.96. The Morgan fingerprint density at radius 2 is 1.97 bits per heavy atom. The van der Waals surface area contributed by atoms with Gasteiger partial charge in [0, 0.05) is 29.9 Å². The lowest BCUT2D eigenvalue weighted by Gasteiger charge is -2.19. The second-order valence-corrected chi connectivity index (χ2v) is 13.3. The Kier molecular flexibility index (Phi) is 6.31. The zero-order valence-electron chi connectivity index (χ0n) is 17.6. The standard InChI is InChI=1S/C20H20N4O5S4/c1-24(33(28,29)18-7-4-10-30-18)16-6-3-5-13-11-15(22-19(13)16)20-21-12-14(31-20)8-9-17(25)23-32(2,26)27/h3-7,10-12,22H,8-9H2,1-2H3,(H,23,25). The van der Waals surface area contributed by atoms with Crippen LogP contribution in [0.1, 0.15) is 11.3 Å². The number of H-pyrrole nitrogens is 1. The van der Waals surface area contributed by atoms with Gasteiger partial charge in [-0.05, 0) is 30.0 Å². The third-order valence-corrected chi connectivity index (χ3v) is 9.60. The Bertz CT molecular complexity index is 1520. The fourth-order valence-corrected chi connectivity index (χ4v) is 7.00. The van der Waals surface area contributed by atoms with Crippen molar-refractivity contribution in [2.45, 2.75) is 17.1 Å². The minimum Gasteiger partial charge on any atom is -0.351 e. The number of hydrogen-bond donors (Lipinski definition) is 2. The first-order valence-corrected chi connectivity index (χ1v) is 14.7. The van der Waals surface area contributed by atoms with Gasteiger partial charge in [-0.25, -0.2) is 21.8 Å². The molecule has 0 fully saturated rings. The molecule has 0 unspecified atom stereocenters. The van der Waals surface area contributed by atoms with Crippen LogP contribution < -0.4 is 9.03 Å². The summed E-state index contributed by atoms with van der Waals surface area (Å²) < 4.78 is 51.7. The molecule has 0 saturated carbocycles. The number of nitrogens with one attached hydrogen (secondary N) is 2. The molecule has 33 heavy (non-hydrogen) atoms. The third-order valence-electron chi connectivity index (χ3n) is 4.76. The van der Waals surface area contributed by atoms with Crippen molar-refractivity contribution < 1.29 is 21.6 Å². The summed E-state index contributed by atoms with van der Waals surface area (Å²) in [7, 11) is -5.74. The van der Waals surface area contributed by atoms with Crippen LogP contribution in [0, 0.1) is 0 Å². The predicted octanol–water partition coefficient (Wildman–Crippen LogP) is 3.19. The van der Waals surface area contributed by atoms with E-state index < -0.39 is 26.0 Å². The number of amides is 1. The molecule has 0 spiro atoms. The second kappa shape index (κ2) is 8.89. The highest BCUT2D eigenvalue weighted by molar-refractivity contribution is 7.94. The molecular formula is C20H20N4O5S4. The number of thiophene rings is 1. The summed E-state index contributed by atoms with van der Waals surface area (Å²) in [6, 6.07) is 10.6. The van der Waals surface area contributed by atoms with Crippen molar-refractivity contribution in [3.8, 4) is 10.7 Å².